The summed E-state index contributed by atoms with van der Waals surface area (Å²) < 4.78 is 0. The fourth-order valence-corrected chi connectivity index (χ4v) is 2.83. The molecule has 0 aliphatic carbocycles. The molecule has 1 aliphatic heterocycles. The van der Waals surface area contributed by atoms with Crippen LogP contribution < -0.4 is 4.90 Å². The summed E-state index contributed by atoms with van der Waals surface area (Å²) in [7, 11) is 2.01. The Bertz CT molecular complexity index is 525. The van der Waals surface area contributed by atoms with E-state index in [0.29, 0.717) is 5.02 Å². The summed E-state index contributed by atoms with van der Waals surface area (Å²) in [5.74, 6) is -0.972. The normalized spacial score (nSPS) is 15.7. The highest BCUT2D eigenvalue weighted by molar-refractivity contribution is 6.32. The minimum atomic E-state index is -0.972. The number of benzene rings is 1. The van der Waals surface area contributed by atoms with Crippen LogP contribution in [0.1, 0.15) is 18.4 Å². The van der Waals surface area contributed by atoms with E-state index < -0.39 is 5.97 Å². The highest BCUT2D eigenvalue weighted by Gasteiger charge is 2.14. The minimum absolute atomic E-state index is 0.568. The molecule has 0 spiro atoms. The van der Waals surface area contributed by atoms with E-state index in [1.807, 2.05) is 19.2 Å². The van der Waals surface area contributed by atoms with Crippen LogP contribution in [0.4, 0.5) is 5.69 Å². The molecular formula is C16H21ClN2O2. The lowest BCUT2D eigenvalue weighted by molar-refractivity contribution is -0.131. The smallest absolute Gasteiger partial charge is 0.328 e. The fraction of sp³-hybridized carbons (Fsp3) is 0.438. The number of hydrogen-bond acceptors (Lipinski definition) is 3. The van der Waals surface area contributed by atoms with Crippen LogP contribution in [0.5, 0.6) is 0 Å². The van der Waals surface area contributed by atoms with Gasteiger partial charge in [0.1, 0.15) is 0 Å². The van der Waals surface area contributed by atoms with Crippen LogP contribution in [0.3, 0.4) is 0 Å². The third-order valence-electron chi connectivity index (χ3n) is 3.78. The van der Waals surface area contributed by atoms with Crippen LogP contribution in [-0.2, 0) is 4.79 Å². The molecule has 0 bridgehead atoms. The van der Waals surface area contributed by atoms with Gasteiger partial charge in [-0.15, -0.1) is 0 Å². The van der Waals surface area contributed by atoms with Crippen LogP contribution in [0.15, 0.2) is 24.3 Å². The average Bonchev–Trinajstić information content (AvgIpc) is 2.96. The Hall–Kier alpha value is -1.52. The van der Waals surface area contributed by atoms with Gasteiger partial charge in [0.15, 0.2) is 0 Å². The molecule has 0 atom stereocenters. The maximum Gasteiger partial charge on any atom is 0.328 e. The molecule has 0 amide bonds. The lowest BCUT2D eigenvalue weighted by Gasteiger charge is -2.25. The van der Waals surface area contributed by atoms with Crippen LogP contribution in [0, 0.1) is 0 Å². The Morgan fingerprint density at radius 1 is 1.43 bits per heavy atom. The van der Waals surface area contributed by atoms with Gasteiger partial charge in [0.25, 0.3) is 0 Å². The first-order valence-corrected chi connectivity index (χ1v) is 7.59. The number of anilines is 1. The molecule has 1 heterocycles. The van der Waals surface area contributed by atoms with E-state index in [9.17, 15) is 4.79 Å². The van der Waals surface area contributed by atoms with E-state index in [-0.39, 0.29) is 0 Å². The van der Waals surface area contributed by atoms with Crippen molar-refractivity contribution in [1.29, 1.82) is 0 Å². The fourth-order valence-electron chi connectivity index (χ4n) is 2.60. The minimum Gasteiger partial charge on any atom is -0.478 e. The van der Waals surface area contributed by atoms with Crippen LogP contribution >= 0.6 is 11.6 Å². The van der Waals surface area contributed by atoms with Crippen molar-refractivity contribution in [1.82, 2.24) is 4.90 Å². The molecule has 1 aromatic rings. The number of carbonyl (C=O) groups is 1. The standard InChI is InChI=1S/C16H21ClN2O2/c1-18(11-12-19-9-2-3-10-19)15-6-4-5-14(17)13(15)7-8-16(20)21/h4-8H,2-3,9-12H2,1H3,(H,20,21). The molecule has 1 saturated heterocycles. The van der Waals surface area contributed by atoms with Gasteiger partial charge in [0.05, 0.1) is 0 Å². The van der Waals surface area contributed by atoms with E-state index in [1.165, 1.54) is 25.9 Å². The van der Waals surface area contributed by atoms with Gasteiger partial charge in [-0.2, -0.15) is 0 Å². The number of likely N-dealkylation sites (tertiary alicyclic amines) is 1. The number of carboxylic acid groups (broad SMARTS) is 1. The van der Waals surface area contributed by atoms with Crippen LogP contribution in [-0.4, -0.2) is 49.2 Å². The van der Waals surface area contributed by atoms with Crippen molar-refractivity contribution >= 4 is 29.3 Å². The Balaban J connectivity index is 2.09. The molecule has 1 aliphatic rings. The average molecular weight is 309 g/mol. The molecular weight excluding hydrogens is 288 g/mol. The number of hydrogen-bond donors (Lipinski definition) is 1. The predicted molar refractivity (Wildman–Crippen MR) is 87.1 cm³/mol. The first-order valence-electron chi connectivity index (χ1n) is 7.21. The number of nitrogens with zero attached hydrogens (tertiary/aromatic N) is 2. The summed E-state index contributed by atoms with van der Waals surface area (Å²) in [6.45, 7) is 4.27. The Labute approximate surface area is 130 Å². The van der Waals surface area contributed by atoms with Crippen molar-refractivity contribution < 1.29 is 9.90 Å². The van der Waals surface area contributed by atoms with Gasteiger partial charge >= 0.3 is 5.97 Å². The quantitative estimate of drug-likeness (QED) is 0.821. The third-order valence-corrected chi connectivity index (χ3v) is 4.11. The highest BCUT2D eigenvalue weighted by atomic mass is 35.5. The van der Waals surface area contributed by atoms with Crippen molar-refractivity contribution in [3.8, 4) is 0 Å². The van der Waals surface area contributed by atoms with E-state index in [0.717, 1.165) is 30.4 Å². The van der Waals surface area contributed by atoms with E-state index >= 15 is 0 Å². The zero-order chi connectivity index (χ0) is 15.2. The van der Waals surface area contributed by atoms with Gasteiger partial charge in [-0.1, -0.05) is 17.7 Å². The summed E-state index contributed by atoms with van der Waals surface area (Å²) in [6, 6.07) is 5.64. The molecule has 21 heavy (non-hydrogen) atoms. The summed E-state index contributed by atoms with van der Waals surface area (Å²) in [5, 5.41) is 9.36. The summed E-state index contributed by atoms with van der Waals surface area (Å²) in [6.07, 6.45) is 5.26. The molecule has 0 radical (unpaired) electrons. The monoisotopic (exact) mass is 308 g/mol. The summed E-state index contributed by atoms with van der Waals surface area (Å²) >= 11 is 6.20. The maximum absolute atomic E-state index is 10.7. The van der Waals surface area contributed by atoms with Crippen molar-refractivity contribution in [2.45, 2.75) is 12.8 Å². The second-order valence-corrected chi connectivity index (χ2v) is 5.72. The number of halogens is 1. The van der Waals surface area contributed by atoms with Gasteiger partial charge < -0.3 is 14.9 Å². The molecule has 1 N–H and O–H groups in total. The highest BCUT2D eigenvalue weighted by Crippen LogP contribution is 2.28. The number of carboxylic acids is 1. The largest absolute Gasteiger partial charge is 0.478 e. The second-order valence-electron chi connectivity index (χ2n) is 5.31. The summed E-state index contributed by atoms with van der Waals surface area (Å²) in [4.78, 5) is 15.3. The van der Waals surface area contributed by atoms with Crippen LogP contribution in [0.2, 0.25) is 5.02 Å². The lowest BCUT2D eigenvalue weighted by Crippen LogP contribution is -2.31. The van der Waals surface area contributed by atoms with E-state index in [2.05, 4.69) is 9.80 Å². The van der Waals surface area contributed by atoms with Gasteiger partial charge in [-0.05, 0) is 44.1 Å². The molecule has 0 unspecified atom stereocenters. The lowest BCUT2D eigenvalue weighted by atomic mass is 10.1. The molecule has 0 aromatic heterocycles. The van der Waals surface area contributed by atoms with Crippen molar-refractivity contribution in [3.63, 3.8) is 0 Å². The molecule has 4 nitrogen and oxygen atoms in total. The van der Waals surface area contributed by atoms with Gasteiger partial charge in [0, 0.05) is 42.5 Å². The number of rotatable bonds is 6. The van der Waals surface area contributed by atoms with Crippen molar-refractivity contribution in [2.75, 3.05) is 38.1 Å². The molecule has 0 saturated carbocycles. The SMILES string of the molecule is CN(CCN1CCCC1)c1cccc(Cl)c1C=CC(=O)O. The van der Waals surface area contributed by atoms with Gasteiger partial charge in [-0.25, -0.2) is 4.79 Å². The predicted octanol–water partition coefficient (Wildman–Crippen LogP) is 2.97. The number of aliphatic carboxylic acids is 1. The maximum atomic E-state index is 10.7. The first-order chi connectivity index (χ1) is 10.1. The van der Waals surface area contributed by atoms with Gasteiger partial charge in [0.2, 0.25) is 0 Å². The van der Waals surface area contributed by atoms with Crippen molar-refractivity contribution in [2.24, 2.45) is 0 Å². The zero-order valence-corrected chi connectivity index (χ0v) is 13.0. The topological polar surface area (TPSA) is 43.8 Å². The molecule has 1 aromatic carbocycles. The first kappa shape index (κ1) is 15.9. The zero-order valence-electron chi connectivity index (χ0n) is 12.3. The van der Waals surface area contributed by atoms with Crippen molar-refractivity contribution in [3.05, 3.63) is 34.9 Å². The summed E-state index contributed by atoms with van der Waals surface area (Å²) in [5.41, 5.74) is 1.71. The van der Waals surface area contributed by atoms with Crippen LogP contribution in [0.25, 0.3) is 6.08 Å². The van der Waals surface area contributed by atoms with E-state index in [1.54, 1.807) is 12.1 Å². The molecule has 114 valence electrons. The second kappa shape index (κ2) is 7.48. The third kappa shape index (κ3) is 4.48. The molecule has 1 fully saturated rings. The Kier molecular flexibility index (Phi) is 5.65. The molecule has 5 heteroatoms. The molecule has 2 rings (SSSR count). The number of likely N-dealkylation sites (N-methyl/N-ethyl adjacent to an activating group) is 1. The Morgan fingerprint density at radius 3 is 2.81 bits per heavy atom. The van der Waals surface area contributed by atoms with Gasteiger partial charge in [-0.3, -0.25) is 0 Å². The van der Waals surface area contributed by atoms with E-state index in [4.69, 9.17) is 16.7 Å². The Morgan fingerprint density at radius 2 is 2.14 bits per heavy atom.